The van der Waals surface area contributed by atoms with Crippen LogP contribution in [0.25, 0.3) is 0 Å². The fraction of sp³-hybridized carbons (Fsp3) is 0.697. The highest BCUT2D eigenvalue weighted by molar-refractivity contribution is 5.96. The Bertz CT molecular complexity index is 1380. The van der Waals surface area contributed by atoms with E-state index in [1.807, 2.05) is 0 Å². The average Bonchev–Trinajstić information content (AvgIpc) is 3.12. The first-order valence-corrected chi connectivity index (χ1v) is 18.1. The first-order valence-electron chi connectivity index (χ1n) is 18.1. The van der Waals surface area contributed by atoms with E-state index in [0.29, 0.717) is 32.2 Å². The Morgan fingerprint density at radius 3 is 1.34 bits per heavy atom. The second-order valence-electron chi connectivity index (χ2n) is 13.0. The molecule has 0 aliphatic carbocycles. The number of rotatable bonds is 29. The van der Waals surface area contributed by atoms with Crippen LogP contribution in [0.5, 0.6) is 0 Å². The number of unbranched alkanes of at least 4 members (excludes halogenated alkanes) is 2. The van der Waals surface area contributed by atoms with Gasteiger partial charge >= 0.3 is 17.9 Å². The molecule has 7 amide bonds. The van der Waals surface area contributed by atoms with Crippen molar-refractivity contribution in [3.63, 3.8) is 0 Å². The van der Waals surface area contributed by atoms with Crippen molar-refractivity contribution in [1.82, 2.24) is 37.2 Å². The van der Waals surface area contributed by atoms with Crippen molar-refractivity contribution in [1.29, 1.82) is 0 Å². The smallest absolute Gasteiger partial charge is 0.325 e. The van der Waals surface area contributed by atoms with Gasteiger partial charge in [-0.05, 0) is 85.2 Å². The minimum atomic E-state index is -1.46. The Morgan fingerprint density at radius 2 is 0.893 bits per heavy atom. The van der Waals surface area contributed by atoms with E-state index in [2.05, 4.69) is 37.2 Å². The first-order chi connectivity index (χ1) is 26.2. The molecule has 0 bridgehead atoms. The number of carboxylic acid groups (broad SMARTS) is 3. The lowest BCUT2D eigenvalue weighted by Crippen LogP contribution is -2.57. The number of carbonyl (C=O) groups excluding carboxylic acids is 7. The van der Waals surface area contributed by atoms with E-state index in [9.17, 15) is 47.9 Å². The van der Waals surface area contributed by atoms with E-state index in [-0.39, 0.29) is 38.6 Å². The second kappa shape index (κ2) is 27.2. The van der Waals surface area contributed by atoms with Crippen LogP contribution in [0.1, 0.15) is 85.0 Å². The minimum Gasteiger partial charge on any atom is -0.481 e. The molecule has 23 nitrogen and oxygen atoms in total. The van der Waals surface area contributed by atoms with E-state index < -0.39 is 115 Å². The molecule has 0 saturated carbocycles. The fourth-order valence-electron chi connectivity index (χ4n) is 4.74. The van der Waals surface area contributed by atoms with Gasteiger partial charge in [-0.25, -0.2) is 0 Å². The van der Waals surface area contributed by atoms with Gasteiger partial charge in [-0.1, -0.05) is 0 Å². The maximum Gasteiger partial charge on any atom is 0.325 e. The molecule has 0 heterocycles. The molecule has 0 aromatic rings. The Labute approximate surface area is 323 Å². The van der Waals surface area contributed by atoms with Crippen LogP contribution < -0.4 is 54.4 Å². The van der Waals surface area contributed by atoms with Gasteiger partial charge in [-0.15, -0.1) is 0 Å². The topological polar surface area (TPSA) is 394 Å². The Balaban J connectivity index is 5.59. The van der Waals surface area contributed by atoms with E-state index in [1.165, 1.54) is 20.8 Å². The third-order valence-electron chi connectivity index (χ3n) is 8.12. The predicted molar refractivity (Wildman–Crippen MR) is 197 cm³/mol. The Morgan fingerprint density at radius 1 is 0.482 bits per heavy atom. The van der Waals surface area contributed by atoms with E-state index in [4.69, 9.17) is 32.5 Å². The van der Waals surface area contributed by atoms with Gasteiger partial charge in [0.2, 0.25) is 41.4 Å². The van der Waals surface area contributed by atoms with Crippen LogP contribution in [-0.4, -0.2) is 137 Å². The number of aliphatic carboxylic acids is 3. The van der Waals surface area contributed by atoms with Gasteiger partial charge in [0.15, 0.2) is 0 Å². The molecule has 0 radical (unpaired) electrons. The lowest BCUT2D eigenvalue weighted by Gasteiger charge is -2.24. The summed E-state index contributed by atoms with van der Waals surface area (Å²) in [6.45, 7) is 3.69. The molecular weight excluding hydrogens is 744 g/mol. The van der Waals surface area contributed by atoms with Crippen LogP contribution in [0, 0.1) is 0 Å². The maximum atomic E-state index is 13.2. The number of hydrogen-bond acceptors (Lipinski definition) is 13. The van der Waals surface area contributed by atoms with Crippen LogP contribution in [0.3, 0.4) is 0 Å². The van der Waals surface area contributed by atoms with Crippen molar-refractivity contribution >= 4 is 59.3 Å². The van der Waals surface area contributed by atoms with Gasteiger partial charge in [0.05, 0.1) is 12.6 Å². The van der Waals surface area contributed by atoms with Gasteiger partial charge in [-0.3, -0.25) is 47.9 Å². The zero-order chi connectivity index (χ0) is 43.0. The van der Waals surface area contributed by atoms with Crippen LogP contribution in [0.15, 0.2) is 0 Å². The molecule has 0 aliphatic rings. The van der Waals surface area contributed by atoms with Crippen molar-refractivity contribution in [3.8, 4) is 0 Å². The molecule has 0 aromatic carbocycles. The number of amides is 7. The fourth-order valence-corrected chi connectivity index (χ4v) is 4.74. The Hall–Kier alpha value is -5.42. The summed E-state index contributed by atoms with van der Waals surface area (Å²) >= 11 is 0. The highest BCUT2D eigenvalue weighted by atomic mass is 16.4. The van der Waals surface area contributed by atoms with Gasteiger partial charge in [0.25, 0.3) is 0 Å². The molecule has 7 atom stereocenters. The van der Waals surface area contributed by atoms with E-state index in [0.717, 1.165) is 0 Å². The second-order valence-corrected chi connectivity index (χ2v) is 13.0. The largest absolute Gasteiger partial charge is 0.481 e. The van der Waals surface area contributed by atoms with Crippen LogP contribution in [0.4, 0.5) is 0 Å². The van der Waals surface area contributed by atoms with Crippen molar-refractivity contribution < 1.29 is 63.3 Å². The summed E-state index contributed by atoms with van der Waals surface area (Å²) in [6.07, 6.45) is 0.460. The maximum absolute atomic E-state index is 13.2. The van der Waals surface area contributed by atoms with Crippen LogP contribution in [-0.2, 0) is 47.9 Å². The molecule has 0 fully saturated rings. The summed E-state index contributed by atoms with van der Waals surface area (Å²) in [5.41, 5.74) is 16.8. The predicted octanol–water partition coefficient (Wildman–Crippen LogP) is -4.53. The number of hydrogen-bond donors (Lipinski definition) is 13. The summed E-state index contributed by atoms with van der Waals surface area (Å²) in [7, 11) is 0. The molecule has 23 heteroatoms. The normalized spacial score (nSPS) is 14.5. The van der Waals surface area contributed by atoms with Gasteiger partial charge in [-0.2, -0.15) is 0 Å². The number of carbonyl (C=O) groups is 10. The monoisotopic (exact) mass is 802 g/mol. The van der Waals surface area contributed by atoms with Gasteiger partial charge < -0.3 is 69.7 Å². The summed E-state index contributed by atoms with van der Waals surface area (Å²) in [4.78, 5) is 123. The van der Waals surface area contributed by atoms with E-state index in [1.54, 1.807) is 0 Å². The van der Waals surface area contributed by atoms with Gasteiger partial charge in [0, 0.05) is 12.8 Å². The number of carboxylic acids is 3. The third-order valence-corrected chi connectivity index (χ3v) is 8.12. The molecule has 0 aromatic heterocycles. The molecule has 0 saturated heterocycles. The lowest BCUT2D eigenvalue weighted by molar-refractivity contribution is -0.142. The highest BCUT2D eigenvalue weighted by Crippen LogP contribution is 2.05. The van der Waals surface area contributed by atoms with Crippen molar-refractivity contribution in [2.45, 2.75) is 127 Å². The van der Waals surface area contributed by atoms with Crippen LogP contribution >= 0.6 is 0 Å². The molecule has 0 aliphatic heterocycles. The molecule has 56 heavy (non-hydrogen) atoms. The number of nitrogens with two attached hydrogens (primary N) is 3. The zero-order valence-electron chi connectivity index (χ0n) is 31.9. The van der Waals surface area contributed by atoms with Crippen molar-refractivity contribution in [2.24, 2.45) is 17.2 Å². The standard InChI is InChI=1S/C33H58N10O13/c1-17(38-29(51)20(36)10-12-25(45)46)27(49)42-21(8-4-6-14-34)30(52)37-16-24(44)41-22(9-5-7-15-35)31(53)39-18(2)28(50)43-23(11-13-26(47)48)32(54)40-19(3)33(55)56/h17-23H,4-16,34-36H2,1-3H3,(H,37,52)(H,38,51)(H,39,53)(H,40,54)(H,41,44)(H,42,49)(H,43,50)(H,45,46)(H,47,48)(H,55,56)/t17-,18-,19-,20-,21-,22-,23-/m0/s1. The Kier molecular flexibility index (Phi) is 24.6. The summed E-state index contributed by atoms with van der Waals surface area (Å²) in [6, 6.07) is -8.88. The SMILES string of the molecule is C[C@H](NC(=O)[C@H](CCC(=O)O)NC(=O)[C@H](C)NC(=O)[C@H](CCCCN)NC(=O)CNC(=O)[C@H](CCCCN)NC(=O)[C@H](C)NC(=O)[C@@H](N)CCC(=O)O)C(=O)O. The zero-order valence-corrected chi connectivity index (χ0v) is 31.9. The first kappa shape index (κ1) is 50.6. The quantitative estimate of drug-likeness (QED) is 0.0317. The molecule has 16 N–H and O–H groups in total. The summed E-state index contributed by atoms with van der Waals surface area (Å²) < 4.78 is 0. The summed E-state index contributed by atoms with van der Waals surface area (Å²) in [5, 5.41) is 43.5. The molecule has 318 valence electrons. The molecule has 0 spiro atoms. The minimum absolute atomic E-state index is 0.0646. The lowest BCUT2D eigenvalue weighted by atomic mass is 10.1. The van der Waals surface area contributed by atoms with E-state index >= 15 is 0 Å². The van der Waals surface area contributed by atoms with Gasteiger partial charge in [0.1, 0.15) is 36.3 Å². The molecule has 0 rings (SSSR count). The summed E-state index contributed by atoms with van der Waals surface area (Å²) in [5.74, 6) is -9.61. The molecule has 0 unspecified atom stereocenters. The van der Waals surface area contributed by atoms with Crippen molar-refractivity contribution in [2.75, 3.05) is 19.6 Å². The molecular formula is C33H58N10O13. The van der Waals surface area contributed by atoms with Crippen molar-refractivity contribution in [3.05, 3.63) is 0 Å². The third kappa shape index (κ3) is 21.5. The van der Waals surface area contributed by atoms with Crippen LogP contribution in [0.2, 0.25) is 0 Å². The number of nitrogens with one attached hydrogen (secondary N) is 7. The highest BCUT2D eigenvalue weighted by Gasteiger charge is 2.30. The average molecular weight is 803 g/mol.